The fourth-order valence-electron chi connectivity index (χ4n) is 1.19. The van der Waals surface area contributed by atoms with Crippen LogP contribution in [0.15, 0.2) is 17.0 Å². The Morgan fingerprint density at radius 3 is 3.00 bits per heavy atom. The number of hydrogen-bond donors (Lipinski definition) is 0. The van der Waals surface area contributed by atoms with Gasteiger partial charge >= 0.3 is 5.82 Å². The molecule has 15 heavy (non-hydrogen) atoms. The minimum absolute atomic E-state index is 0.133. The zero-order valence-electron chi connectivity index (χ0n) is 7.55. The molecule has 0 fully saturated rings. The van der Waals surface area contributed by atoms with E-state index in [1.165, 1.54) is 17.7 Å². The standard InChI is InChI=1S/C7H5BrN4O3/c1-15-7-6-9-2-5(12(13)14)11(6)3-4(8)10-7/h2-3H,1H3. The molecule has 7 nitrogen and oxygen atoms in total. The highest BCUT2D eigenvalue weighted by molar-refractivity contribution is 9.10. The van der Waals surface area contributed by atoms with Gasteiger partial charge in [-0.1, -0.05) is 0 Å². The van der Waals surface area contributed by atoms with Crippen molar-refractivity contribution in [2.75, 3.05) is 7.11 Å². The predicted molar refractivity (Wildman–Crippen MR) is 53.9 cm³/mol. The van der Waals surface area contributed by atoms with E-state index in [1.54, 1.807) is 0 Å². The fourth-order valence-corrected chi connectivity index (χ4v) is 1.56. The van der Waals surface area contributed by atoms with Crippen LogP contribution in [0.4, 0.5) is 5.82 Å². The third-order valence-electron chi connectivity index (χ3n) is 1.79. The number of aromatic nitrogens is 3. The fraction of sp³-hybridized carbons (Fsp3) is 0.143. The highest BCUT2D eigenvalue weighted by Crippen LogP contribution is 2.23. The van der Waals surface area contributed by atoms with Crippen LogP contribution in [0.3, 0.4) is 0 Å². The average Bonchev–Trinajstić information content (AvgIpc) is 2.59. The SMILES string of the molecule is COc1nc(Br)cn2c([N+](=O)[O-])cnc12. The van der Waals surface area contributed by atoms with Crippen LogP contribution in [-0.2, 0) is 0 Å². The summed E-state index contributed by atoms with van der Waals surface area (Å²) in [4.78, 5) is 18.0. The molecule has 2 rings (SSSR count). The molecule has 0 N–H and O–H groups in total. The van der Waals surface area contributed by atoms with Crippen LogP contribution in [0.25, 0.3) is 5.65 Å². The maximum atomic E-state index is 10.7. The molecule has 2 aromatic heterocycles. The molecule has 2 heterocycles. The second-order valence-corrected chi connectivity index (χ2v) is 3.45. The molecule has 0 aliphatic rings. The molecular weight excluding hydrogens is 268 g/mol. The van der Waals surface area contributed by atoms with Gasteiger partial charge in [-0.05, 0) is 20.9 Å². The summed E-state index contributed by atoms with van der Waals surface area (Å²) in [6, 6.07) is 0. The minimum atomic E-state index is -0.522. The Kier molecular flexibility index (Phi) is 2.27. The lowest BCUT2D eigenvalue weighted by Gasteiger charge is -1.98. The Morgan fingerprint density at radius 1 is 1.67 bits per heavy atom. The maximum Gasteiger partial charge on any atom is 0.348 e. The van der Waals surface area contributed by atoms with Gasteiger partial charge in [-0.25, -0.2) is 4.98 Å². The summed E-state index contributed by atoms with van der Waals surface area (Å²) in [5.74, 6) is 0.101. The molecule has 8 heteroatoms. The Morgan fingerprint density at radius 2 is 2.40 bits per heavy atom. The average molecular weight is 273 g/mol. The molecule has 0 aliphatic heterocycles. The number of rotatable bonds is 2. The quantitative estimate of drug-likeness (QED) is 0.610. The highest BCUT2D eigenvalue weighted by Gasteiger charge is 2.19. The lowest BCUT2D eigenvalue weighted by atomic mass is 10.6. The maximum absolute atomic E-state index is 10.7. The van der Waals surface area contributed by atoms with E-state index in [2.05, 4.69) is 25.9 Å². The molecule has 0 radical (unpaired) electrons. The summed E-state index contributed by atoms with van der Waals surface area (Å²) in [5.41, 5.74) is 0.312. The summed E-state index contributed by atoms with van der Waals surface area (Å²) in [7, 11) is 1.43. The van der Waals surface area contributed by atoms with Crippen LogP contribution >= 0.6 is 15.9 Å². The van der Waals surface area contributed by atoms with Gasteiger partial charge in [0.2, 0.25) is 0 Å². The number of imidazole rings is 1. The molecule has 2 aromatic rings. The molecule has 0 bridgehead atoms. The number of halogens is 1. The lowest BCUT2D eigenvalue weighted by Crippen LogP contribution is -1.98. The Bertz CT molecular complexity index is 538. The number of nitro groups is 1. The molecular formula is C7H5BrN4O3. The second kappa shape index (κ2) is 3.46. The smallest absolute Gasteiger partial charge is 0.348 e. The van der Waals surface area contributed by atoms with Gasteiger partial charge in [-0.3, -0.25) is 0 Å². The Balaban J connectivity index is 2.80. The Labute approximate surface area is 92.0 Å². The third-order valence-corrected chi connectivity index (χ3v) is 2.18. The van der Waals surface area contributed by atoms with Gasteiger partial charge in [0.1, 0.15) is 17.0 Å². The highest BCUT2D eigenvalue weighted by atomic mass is 79.9. The summed E-state index contributed by atoms with van der Waals surface area (Å²) < 4.78 is 6.69. The van der Waals surface area contributed by atoms with Gasteiger partial charge < -0.3 is 14.9 Å². The van der Waals surface area contributed by atoms with E-state index in [-0.39, 0.29) is 11.7 Å². The van der Waals surface area contributed by atoms with E-state index in [4.69, 9.17) is 4.74 Å². The molecule has 0 saturated carbocycles. The number of hydrogen-bond acceptors (Lipinski definition) is 5. The first-order valence-corrected chi connectivity index (χ1v) is 4.64. The van der Waals surface area contributed by atoms with E-state index in [9.17, 15) is 10.1 Å². The van der Waals surface area contributed by atoms with E-state index >= 15 is 0 Å². The van der Waals surface area contributed by atoms with E-state index in [0.29, 0.717) is 10.3 Å². The van der Waals surface area contributed by atoms with Crippen molar-refractivity contribution in [1.82, 2.24) is 14.4 Å². The van der Waals surface area contributed by atoms with Crippen LogP contribution in [-0.4, -0.2) is 26.4 Å². The van der Waals surface area contributed by atoms with Crippen LogP contribution in [0.2, 0.25) is 0 Å². The van der Waals surface area contributed by atoms with Gasteiger partial charge in [0.25, 0.3) is 11.5 Å². The third kappa shape index (κ3) is 1.52. The molecule has 0 amide bonds. The van der Waals surface area contributed by atoms with Crippen molar-refractivity contribution in [2.45, 2.75) is 0 Å². The number of fused-ring (bicyclic) bond motifs is 1. The van der Waals surface area contributed by atoms with Crippen LogP contribution in [0, 0.1) is 10.1 Å². The van der Waals surface area contributed by atoms with Crippen molar-refractivity contribution in [3.8, 4) is 5.88 Å². The molecule has 78 valence electrons. The van der Waals surface area contributed by atoms with Crippen molar-refractivity contribution < 1.29 is 9.66 Å². The first-order valence-electron chi connectivity index (χ1n) is 3.85. The zero-order chi connectivity index (χ0) is 11.0. The van der Waals surface area contributed by atoms with Crippen molar-refractivity contribution >= 4 is 27.4 Å². The summed E-state index contributed by atoms with van der Waals surface area (Å²) in [6.07, 6.45) is 2.62. The zero-order valence-corrected chi connectivity index (χ0v) is 9.13. The first-order chi connectivity index (χ1) is 7.13. The van der Waals surface area contributed by atoms with Crippen molar-refractivity contribution in [3.05, 3.63) is 27.1 Å². The molecule has 0 aliphatic carbocycles. The minimum Gasteiger partial charge on any atom is -0.477 e. The number of nitrogens with zero attached hydrogens (tertiary/aromatic N) is 4. The van der Waals surface area contributed by atoms with Gasteiger partial charge in [0.15, 0.2) is 0 Å². The molecule has 0 aromatic carbocycles. The molecule has 0 atom stereocenters. The summed E-state index contributed by atoms with van der Waals surface area (Å²) in [5, 5.41) is 10.7. The second-order valence-electron chi connectivity index (χ2n) is 2.64. The van der Waals surface area contributed by atoms with Crippen LogP contribution in [0.5, 0.6) is 5.88 Å². The summed E-state index contributed by atoms with van der Waals surface area (Å²) in [6.45, 7) is 0. The van der Waals surface area contributed by atoms with Crippen molar-refractivity contribution in [2.24, 2.45) is 0 Å². The number of methoxy groups -OCH3 is 1. The lowest BCUT2D eigenvalue weighted by molar-refractivity contribution is -0.390. The molecule has 0 unspecified atom stereocenters. The van der Waals surface area contributed by atoms with Gasteiger partial charge in [-0.2, -0.15) is 9.38 Å². The topological polar surface area (TPSA) is 82.6 Å². The number of ether oxygens (including phenoxy) is 1. The molecule has 0 saturated heterocycles. The van der Waals surface area contributed by atoms with Gasteiger partial charge in [0, 0.05) is 0 Å². The summed E-state index contributed by atoms with van der Waals surface area (Å²) >= 11 is 3.13. The monoisotopic (exact) mass is 272 g/mol. The predicted octanol–water partition coefficient (Wildman–Crippen LogP) is 1.41. The van der Waals surface area contributed by atoms with Crippen LogP contribution < -0.4 is 4.74 Å². The van der Waals surface area contributed by atoms with E-state index in [0.717, 1.165) is 6.20 Å². The normalized spacial score (nSPS) is 10.5. The van der Waals surface area contributed by atoms with E-state index < -0.39 is 4.92 Å². The Hall–Kier alpha value is -1.70. The molecule has 0 spiro atoms. The first kappa shape index (κ1) is 9.84. The van der Waals surface area contributed by atoms with Gasteiger partial charge in [0.05, 0.1) is 7.11 Å². The van der Waals surface area contributed by atoms with E-state index in [1.807, 2.05) is 0 Å². The largest absolute Gasteiger partial charge is 0.477 e. The van der Waals surface area contributed by atoms with Crippen LogP contribution in [0.1, 0.15) is 0 Å². The van der Waals surface area contributed by atoms with Crippen molar-refractivity contribution in [3.63, 3.8) is 0 Å². The van der Waals surface area contributed by atoms with Crippen molar-refractivity contribution in [1.29, 1.82) is 0 Å². The van der Waals surface area contributed by atoms with Gasteiger partial charge in [-0.15, -0.1) is 0 Å².